The molecule has 0 fully saturated rings. The van der Waals surface area contributed by atoms with E-state index in [-0.39, 0.29) is 17.9 Å². The molecular weight excluding hydrogens is 254 g/mol. The molecular formula is C15H23N3O2. The first-order valence-electron chi connectivity index (χ1n) is 6.68. The number of benzene rings is 1. The molecule has 5 heteroatoms. The first-order valence-corrected chi connectivity index (χ1v) is 6.68. The molecule has 2 N–H and O–H groups in total. The fourth-order valence-corrected chi connectivity index (χ4v) is 1.76. The second kappa shape index (κ2) is 8.19. The highest BCUT2D eigenvalue weighted by molar-refractivity contribution is 5.81. The third-order valence-electron chi connectivity index (χ3n) is 3.06. The van der Waals surface area contributed by atoms with Gasteiger partial charge in [0.2, 0.25) is 0 Å². The molecule has 1 aromatic rings. The first kappa shape index (κ1) is 16.0. The Morgan fingerprint density at radius 3 is 2.50 bits per heavy atom. The molecule has 0 bridgehead atoms. The van der Waals surface area contributed by atoms with Crippen molar-refractivity contribution < 1.29 is 9.53 Å². The Balaban J connectivity index is 2.50. The van der Waals surface area contributed by atoms with Crippen LogP contribution in [0.2, 0.25) is 0 Å². The van der Waals surface area contributed by atoms with Gasteiger partial charge in [0, 0.05) is 13.6 Å². The van der Waals surface area contributed by atoms with Crippen molar-refractivity contribution in [1.82, 2.24) is 10.6 Å². The van der Waals surface area contributed by atoms with Gasteiger partial charge in [-0.05, 0) is 12.5 Å². The summed E-state index contributed by atoms with van der Waals surface area (Å²) in [4.78, 5) is 15.5. The number of nitrogens with zero attached hydrogens (tertiary/aromatic N) is 1. The number of methoxy groups -OCH3 is 1. The molecule has 1 rings (SSSR count). The predicted molar refractivity (Wildman–Crippen MR) is 80.5 cm³/mol. The highest BCUT2D eigenvalue weighted by Crippen LogP contribution is 2.10. The van der Waals surface area contributed by atoms with E-state index >= 15 is 0 Å². The Labute approximate surface area is 120 Å². The Bertz CT molecular complexity index is 446. The lowest BCUT2D eigenvalue weighted by atomic mass is 10.1. The minimum absolute atomic E-state index is 0.135. The zero-order chi connectivity index (χ0) is 15.0. The number of carbonyl (C=O) groups is 1. The highest BCUT2D eigenvalue weighted by Gasteiger charge is 2.14. The molecule has 20 heavy (non-hydrogen) atoms. The summed E-state index contributed by atoms with van der Waals surface area (Å²) in [5.74, 6) is 0.215. The standard InChI is InChI=1S/C15H23N3O2/c1-11(14(19)20-4)10-17-15(16-3)18-12(2)13-8-6-5-7-9-13/h5-9,11-12H,10H2,1-4H3,(H2,16,17,18). The number of aliphatic imine (C=N–C) groups is 1. The van der Waals surface area contributed by atoms with Crippen LogP contribution in [0.1, 0.15) is 25.5 Å². The van der Waals surface area contributed by atoms with Gasteiger partial charge in [-0.15, -0.1) is 0 Å². The molecule has 0 aliphatic heterocycles. The van der Waals surface area contributed by atoms with Crippen LogP contribution in [0.5, 0.6) is 0 Å². The number of nitrogens with one attached hydrogen (secondary N) is 2. The molecule has 2 atom stereocenters. The van der Waals surface area contributed by atoms with Gasteiger partial charge >= 0.3 is 5.97 Å². The Kier molecular flexibility index (Phi) is 6.56. The van der Waals surface area contributed by atoms with Crippen molar-refractivity contribution in [2.45, 2.75) is 19.9 Å². The van der Waals surface area contributed by atoms with E-state index in [0.29, 0.717) is 12.5 Å². The van der Waals surface area contributed by atoms with Crippen LogP contribution < -0.4 is 10.6 Å². The van der Waals surface area contributed by atoms with Crippen molar-refractivity contribution in [2.24, 2.45) is 10.9 Å². The summed E-state index contributed by atoms with van der Waals surface area (Å²) < 4.78 is 4.69. The van der Waals surface area contributed by atoms with Crippen LogP contribution in [0.3, 0.4) is 0 Å². The quantitative estimate of drug-likeness (QED) is 0.489. The summed E-state index contributed by atoms with van der Waals surface area (Å²) in [6, 6.07) is 10.2. The average Bonchev–Trinajstić information content (AvgIpc) is 2.50. The van der Waals surface area contributed by atoms with Gasteiger partial charge in [-0.1, -0.05) is 37.3 Å². The zero-order valence-corrected chi connectivity index (χ0v) is 12.5. The maximum atomic E-state index is 11.3. The molecule has 0 spiro atoms. The summed E-state index contributed by atoms with van der Waals surface area (Å²) in [6.45, 7) is 4.35. The third-order valence-corrected chi connectivity index (χ3v) is 3.06. The zero-order valence-electron chi connectivity index (χ0n) is 12.5. The van der Waals surface area contributed by atoms with E-state index in [1.54, 1.807) is 7.05 Å². The van der Waals surface area contributed by atoms with Crippen molar-refractivity contribution in [2.75, 3.05) is 20.7 Å². The topological polar surface area (TPSA) is 62.7 Å². The normalized spacial score (nSPS) is 14.3. The van der Waals surface area contributed by atoms with E-state index < -0.39 is 0 Å². The van der Waals surface area contributed by atoms with Gasteiger partial charge in [-0.2, -0.15) is 0 Å². The molecule has 0 saturated carbocycles. The van der Waals surface area contributed by atoms with Crippen LogP contribution in [-0.2, 0) is 9.53 Å². The maximum Gasteiger partial charge on any atom is 0.310 e. The first-order chi connectivity index (χ1) is 9.58. The van der Waals surface area contributed by atoms with Crippen molar-refractivity contribution >= 4 is 11.9 Å². The largest absolute Gasteiger partial charge is 0.469 e. The van der Waals surface area contributed by atoms with Crippen molar-refractivity contribution in [3.05, 3.63) is 35.9 Å². The molecule has 110 valence electrons. The summed E-state index contributed by atoms with van der Waals surface area (Å²) in [7, 11) is 3.10. The van der Waals surface area contributed by atoms with Crippen LogP contribution in [0.25, 0.3) is 0 Å². The maximum absolute atomic E-state index is 11.3. The number of hydrogen-bond donors (Lipinski definition) is 2. The van der Waals surface area contributed by atoms with Gasteiger partial charge in [0.25, 0.3) is 0 Å². The monoisotopic (exact) mass is 277 g/mol. The van der Waals surface area contributed by atoms with E-state index in [1.807, 2.05) is 25.1 Å². The molecule has 0 aromatic heterocycles. The lowest BCUT2D eigenvalue weighted by Gasteiger charge is -2.19. The van der Waals surface area contributed by atoms with Crippen LogP contribution in [-0.4, -0.2) is 32.6 Å². The summed E-state index contributed by atoms with van der Waals surface area (Å²) in [5, 5.41) is 6.41. The fourth-order valence-electron chi connectivity index (χ4n) is 1.76. The van der Waals surface area contributed by atoms with E-state index in [1.165, 1.54) is 12.7 Å². The summed E-state index contributed by atoms with van der Waals surface area (Å²) in [6.07, 6.45) is 0. The predicted octanol–water partition coefficient (Wildman–Crippen LogP) is 1.72. The highest BCUT2D eigenvalue weighted by atomic mass is 16.5. The molecule has 0 aliphatic carbocycles. The van der Waals surface area contributed by atoms with Gasteiger partial charge in [0.05, 0.1) is 19.1 Å². The van der Waals surface area contributed by atoms with Gasteiger partial charge in [-0.25, -0.2) is 0 Å². The Hall–Kier alpha value is -2.04. The molecule has 0 saturated heterocycles. The van der Waals surface area contributed by atoms with Gasteiger partial charge in [0.1, 0.15) is 0 Å². The second-order valence-corrected chi connectivity index (χ2v) is 4.65. The smallest absolute Gasteiger partial charge is 0.310 e. The van der Waals surface area contributed by atoms with Crippen LogP contribution >= 0.6 is 0 Å². The van der Waals surface area contributed by atoms with Crippen molar-refractivity contribution in [3.8, 4) is 0 Å². The second-order valence-electron chi connectivity index (χ2n) is 4.65. The summed E-state index contributed by atoms with van der Waals surface area (Å²) >= 11 is 0. The molecule has 1 aromatic carbocycles. The van der Waals surface area contributed by atoms with Gasteiger partial charge < -0.3 is 15.4 Å². The van der Waals surface area contributed by atoms with E-state index in [0.717, 1.165) is 0 Å². The van der Waals surface area contributed by atoms with Gasteiger partial charge in [0.15, 0.2) is 5.96 Å². The Morgan fingerprint density at radius 2 is 1.95 bits per heavy atom. The lowest BCUT2D eigenvalue weighted by molar-refractivity contribution is -0.144. The minimum Gasteiger partial charge on any atom is -0.469 e. The van der Waals surface area contributed by atoms with E-state index in [9.17, 15) is 4.79 Å². The molecule has 0 amide bonds. The number of esters is 1. The van der Waals surface area contributed by atoms with Crippen LogP contribution in [0.15, 0.2) is 35.3 Å². The van der Waals surface area contributed by atoms with Crippen LogP contribution in [0, 0.1) is 5.92 Å². The number of ether oxygens (including phenoxy) is 1. The number of carbonyl (C=O) groups excluding carboxylic acids is 1. The molecule has 0 aliphatic rings. The van der Waals surface area contributed by atoms with E-state index in [2.05, 4.69) is 39.4 Å². The third kappa shape index (κ3) is 4.91. The number of rotatable bonds is 5. The summed E-state index contributed by atoms with van der Waals surface area (Å²) in [5.41, 5.74) is 1.18. The minimum atomic E-state index is -0.232. The van der Waals surface area contributed by atoms with E-state index in [4.69, 9.17) is 0 Å². The molecule has 0 radical (unpaired) electrons. The van der Waals surface area contributed by atoms with Gasteiger partial charge in [-0.3, -0.25) is 9.79 Å². The molecule has 5 nitrogen and oxygen atoms in total. The number of guanidine groups is 1. The molecule has 0 heterocycles. The molecule has 2 unspecified atom stereocenters. The fraction of sp³-hybridized carbons (Fsp3) is 0.467. The number of hydrogen-bond acceptors (Lipinski definition) is 3. The Morgan fingerprint density at radius 1 is 1.30 bits per heavy atom. The average molecular weight is 277 g/mol. The van der Waals surface area contributed by atoms with Crippen molar-refractivity contribution in [3.63, 3.8) is 0 Å². The van der Waals surface area contributed by atoms with Crippen LogP contribution in [0.4, 0.5) is 0 Å². The van der Waals surface area contributed by atoms with Crippen molar-refractivity contribution in [1.29, 1.82) is 0 Å². The SMILES string of the molecule is CN=C(NCC(C)C(=O)OC)NC(C)c1ccccc1. The lowest BCUT2D eigenvalue weighted by Crippen LogP contribution is -2.41.